The molecule has 0 saturated heterocycles. The molecule has 0 saturated carbocycles. The molecular formula is C14H15N3O. The molecule has 0 fully saturated rings. The molecular weight excluding hydrogens is 226 g/mol. The maximum Gasteiger partial charge on any atom is 0.251 e. The molecule has 2 rings (SSSR count). The standard InChI is InChI=1S/C14H15N3O/c15-9-13-8-12(6-7-16-13)14(18)17-10-11-4-2-1-3-5-11/h1-8H,9-10,15H2,(H,17,18). The Morgan fingerprint density at radius 1 is 1.22 bits per heavy atom. The van der Waals surface area contributed by atoms with Crippen molar-refractivity contribution in [2.75, 3.05) is 0 Å². The summed E-state index contributed by atoms with van der Waals surface area (Å²) >= 11 is 0. The maximum atomic E-state index is 11.9. The van der Waals surface area contributed by atoms with Crippen molar-refractivity contribution in [1.82, 2.24) is 10.3 Å². The monoisotopic (exact) mass is 241 g/mol. The molecule has 0 unspecified atom stereocenters. The minimum atomic E-state index is -0.115. The zero-order valence-corrected chi connectivity index (χ0v) is 9.97. The van der Waals surface area contributed by atoms with Crippen LogP contribution in [-0.2, 0) is 13.1 Å². The number of hydrogen-bond donors (Lipinski definition) is 2. The van der Waals surface area contributed by atoms with E-state index in [1.54, 1.807) is 18.3 Å². The lowest BCUT2D eigenvalue weighted by Crippen LogP contribution is -2.23. The van der Waals surface area contributed by atoms with Crippen LogP contribution >= 0.6 is 0 Å². The first-order chi connectivity index (χ1) is 8.79. The van der Waals surface area contributed by atoms with Gasteiger partial charge in [-0.15, -0.1) is 0 Å². The summed E-state index contributed by atoms with van der Waals surface area (Å²) in [4.78, 5) is 16.0. The lowest BCUT2D eigenvalue weighted by atomic mass is 10.2. The zero-order chi connectivity index (χ0) is 12.8. The van der Waals surface area contributed by atoms with Crippen LogP contribution in [0.1, 0.15) is 21.6 Å². The summed E-state index contributed by atoms with van der Waals surface area (Å²) < 4.78 is 0. The highest BCUT2D eigenvalue weighted by molar-refractivity contribution is 5.94. The Balaban J connectivity index is 1.99. The number of pyridine rings is 1. The Morgan fingerprint density at radius 3 is 2.72 bits per heavy atom. The average Bonchev–Trinajstić information content (AvgIpc) is 2.46. The summed E-state index contributed by atoms with van der Waals surface area (Å²) in [6.45, 7) is 0.847. The number of carbonyl (C=O) groups excluding carboxylic acids is 1. The molecule has 0 bridgehead atoms. The summed E-state index contributed by atoms with van der Waals surface area (Å²) in [5.74, 6) is -0.115. The van der Waals surface area contributed by atoms with E-state index in [0.29, 0.717) is 24.3 Å². The van der Waals surface area contributed by atoms with Gasteiger partial charge in [-0.1, -0.05) is 30.3 Å². The van der Waals surface area contributed by atoms with Gasteiger partial charge in [-0.05, 0) is 17.7 Å². The number of benzene rings is 1. The predicted octanol–water partition coefficient (Wildman–Crippen LogP) is 1.47. The van der Waals surface area contributed by atoms with Gasteiger partial charge in [0, 0.05) is 24.8 Å². The summed E-state index contributed by atoms with van der Waals surface area (Å²) in [7, 11) is 0. The minimum Gasteiger partial charge on any atom is -0.348 e. The Bertz CT molecular complexity index is 526. The fraction of sp³-hybridized carbons (Fsp3) is 0.143. The topological polar surface area (TPSA) is 68.0 Å². The third-order valence-corrected chi connectivity index (χ3v) is 2.58. The zero-order valence-electron chi connectivity index (χ0n) is 9.97. The average molecular weight is 241 g/mol. The third-order valence-electron chi connectivity index (χ3n) is 2.58. The van der Waals surface area contributed by atoms with Crippen molar-refractivity contribution in [3.05, 3.63) is 65.5 Å². The van der Waals surface area contributed by atoms with Crippen LogP contribution in [0, 0.1) is 0 Å². The lowest BCUT2D eigenvalue weighted by molar-refractivity contribution is 0.0950. The summed E-state index contributed by atoms with van der Waals surface area (Å²) in [6.07, 6.45) is 1.60. The Morgan fingerprint density at radius 2 is 2.00 bits per heavy atom. The molecule has 4 nitrogen and oxygen atoms in total. The van der Waals surface area contributed by atoms with Gasteiger partial charge in [0.15, 0.2) is 0 Å². The molecule has 1 aromatic carbocycles. The molecule has 0 aliphatic carbocycles. The molecule has 3 N–H and O–H groups in total. The molecule has 0 atom stereocenters. The molecule has 4 heteroatoms. The molecule has 1 amide bonds. The van der Waals surface area contributed by atoms with Gasteiger partial charge in [-0.2, -0.15) is 0 Å². The van der Waals surface area contributed by atoms with Crippen LogP contribution in [0.2, 0.25) is 0 Å². The van der Waals surface area contributed by atoms with Gasteiger partial charge in [-0.25, -0.2) is 0 Å². The molecule has 92 valence electrons. The highest BCUT2D eigenvalue weighted by Gasteiger charge is 2.05. The van der Waals surface area contributed by atoms with E-state index in [9.17, 15) is 4.79 Å². The van der Waals surface area contributed by atoms with Gasteiger partial charge in [0.25, 0.3) is 5.91 Å². The van der Waals surface area contributed by atoms with Gasteiger partial charge >= 0.3 is 0 Å². The van der Waals surface area contributed by atoms with Crippen molar-refractivity contribution >= 4 is 5.91 Å². The highest BCUT2D eigenvalue weighted by Crippen LogP contribution is 2.03. The summed E-state index contributed by atoms with van der Waals surface area (Å²) in [5, 5.41) is 2.86. The van der Waals surface area contributed by atoms with Gasteiger partial charge in [-0.3, -0.25) is 9.78 Å². The van der Waals surface area contributed by atoms with Crippen molar-refractivity contribution in [3.63, 3.8) is 0 Å². The van der Waals surface area contributed by atoms with Crippen LogP contribution in [0.25, 0.3) is 0 Å². The van der Waals surface area contributed by atoms with Crippen LogP contribution in [0.15, 0.2) is 48.7 Å². The third kappa shape index (κ3) is 3.15. The second-order valence-corrected chi connectivity index (χ2v) is 3.91. The van der Waals surface area contributed by atoms with Crippen LogP contribution < -0.4 is 11.1 Å². The predicted molar refractivity (Wildman–Crippen MR) is 69.7 cm³/mol. The summed E-state index contributed by atoms with van der Waals surface area (Å²) in [6, 6.07) is 13.2. The molecule has 0 spiro atoms. The molecule has 2 aromatic rings. The normalized spacial score (nSPS) is 10.1. The number of carbonyl (C=O) groups is 1. The number of hydrogen-bond acceptors (Lipinski definition) is 3. The number of nitrogens with zero attached hydrogens (tertiary/aromatic N) is 1. The molecule has 0 radical (unpaired) electrons. The van der Waals surface area contributed by atoms with Crippen molar-refractivity contribution in [1.29, 1.82) is 0 Å². The van der Waals surface area contributed by atoms with Crippen molar-refractivity contribution in [2.24, 2.45) is 5.73 Å². The second-order valence-electron chi connectivity index (χ2n) is 3.91. The van der Waals surface area contributed by atoms with E-state index in [1.165, 1.54) is 0 Å². The van der Waals surface area contributed by atoms with Crippen LogP contribution in [-0.4, -0.2) is 10.9 Å². The first-order valence-electron chi connectivity index (χ1n) is 5.76. The molecule has 0 aliphatic heterocycles. The van der Waals surface area contributed by atoms with E-state index in [1.807, 2.05) is 30.3 Å². The van der Waals surface area contributed by atoms with E-state index in [-0.39, 0.29) is 5.91 Å². The number of aromatic nitrogens is 1. The quantitative estimate of drug-likeness (QED) is 0.851. The molecule has 1 heterocycles. The number of rotatable bonds is 4. The van der Waals surface area contributed by atoms with E-state index >= 15 is 0 Å². The van der Waals surface area contributed by atoms with Crippen molar-refractivity contribution in [2.45, 2.75) is 13.1 Å². The van der Waals surface area contributed by atoms with Crippen LogP contribution in [0.3, 0.4) is 0 Å². The largest absolute Gasteiger partial charge is 0.348 e. The SMILES string of the molecule is NCc1cc(C(=O)NCc2ccccc2)ccn1. The fourth-order valence-corrected chi connectivity index (χ4v) is 1.61. The van der Waals surface area contributed by atoms with E-state index in [2.05, 4.69) is 10.3 Å². The maximum absolute atomic E-state index is 11.9. The van der Waals surface area contributed by atoms with E-state index in [4.69, 9.17) is 5.73 Å². The van der Waals surface area contributed by atoms with Gasteiger partial charge in [0.2, 0.25) is 0 Å². The molecule has 0 aliphatic rings. The highest BCUT2D eigenvalue weighted by atomic mass is 16.1. The summed E-state index contributed by atoms with van der Waals surface area (Å²) in [5.41, 5.74) is 7.85. The van der Waals surface area contributed by atoms with E-state index < -0.39 is 0 Å². The number of amides is 1. The smallest absolute Gasteiger partial charge is 0.251 e. The number of nitrogens with two attached hydrogens (primary N) is 1. The number of nitrogens with one attached hydrogen (secondary N) is 1. The van der Waals surface area contributed by atoms with Gasteiger partial charge in [0.1, 0.15) is 0 Å². The van der Waals surface area contributed by atoms with E-state index in [0.717, 1.165) is 5.56 Å². The Kier molecular flexibility index (Phi) is 4.04. The Labute approximate surface area is 106 Å². The van der Waals surface area contributed by atoms with Gasteiger partial charge in [0.05, 0.1) is 5.69 Å². The molecule has 18 heavy (non-hydrogen) atoms. The van der Waals surface area contributed by atoms with Gasteiger partial charge < -0.3 is 11.1 Å². The molecule has 1 aromatic heterocycles. The van der Waals surface area contributed by atoms with Crippen LogP contribution in [0.5, 0.6) is 0 Å². The first kappa shape index (κ1) is 12.3. The minimum absolute atomic E-state index is 0.115. The fourth-order valence-electron chi connectivity index (χ4n) is 1.61. The lowest BCUT2D eigenvalue weighted by Gasteiger charge is -2.06. The first-order valence-corrected chi connectivity index (χ1v) is 5.76. The second kappa shape index (κ2) is 5.93. The Hall–Kier alpha value is -2.20. The van der Waals surface area contributed by atoms with Crippen molar-refractivity contribution in [3.8, 4) is 0 Å². The van der Waals surface area contributed by atoms with Crippen LogP contribution in [0.4, 0.5) is 0 Å². The van der Waals surface area contributed by atoms with Crippen molar-refractivity contribution < 1.29 is 4.79 Å².